The number of hydrogen-bond donors (Lipinski definition) is 1. The van der Waals surface area contributed by atoms with Gasteiger partial charge in [-0.25, -0.2) is 0 Å². The highest BCUT2D eigenvalue weighted by atomic mass is 35.5. The molecule has 0 bridgehead atoms. The lowest BCUT2D eigenvalue weighted by Gasteiger charge is -2.30. The Hall–Kier alpha value is -2.24. The van der Waals surface area contributed by atoms with Gasteiger partial charge in [0.1, 0.15) is 11.8 Å². The molecular formula is C24H30Cl2N2O3. The molecule has 0 saturated carbocycles. The third kappa shape index (κ3) is 8.42. The number of nitrogens with one attached hydrogen (secondary N) is 1. The number of halogens is 2. The van der Waals surface area contributed by atoms with Crippen LogP contribution < -0.4 is 10.1 Å². The summed E-state index contributed by atoms with van der Waals surface area (Å²) in [4.78, 5) is 27.3. The monoisotopic (exact) mass is 464 g/mol. The number of ether oxygens (including phenoxy) is 1. The fraction of sp³-hybridized carbons (Fsp3) is 0.417. The first-order valence-electron chi connectivity index (χ1n) is 10.5. The number of amides is 2. The van der Waals surface area contributed by atoms with Crippen molar-refractivity contribution in [1.82, 2.24) is 10.2 Å². The van der Waals surface area contributed by atoms with Crippen LogP contribution in [0.5, 0.6) is 5.75 Å². The smallest absolute Gasteiger partial charge is 0.242 e. The Balaban J connectivity index is 2.00. The summed E-state index contributed by atoms with van der Waals surface area (Å²) in [6.07, 6.45) is 1.63. The Labute approximate surface area is 194 Å². The largest absolute Gasteiger partial charge is 0.494 e. The van der Waals surface area contributed by atoms with Gasteiger partial charge in [0.25, 0.3) is 0 Å². The molecule has 31 heavy (non-hydrogen) atoms. The molecule has 2 atom stereocenters. The summed E-state index contributed by atoms with van der Waals surface area (Å²) >= 11 is 12.0. The van der Waals surface area contributed by atoms with Crippen LogP contribution in [0.15, 0.2) is 48.5 Å². The predicted octanol–water partition coefficient (Wildman–Crippen LogP) is 5.48. The average molecular weight is 465 g/mol. The van der Waals surface area contributed by atoms with Gasteiger partial charge >= 0.3 is 0 Å². The Morgan fingerprint density at radius 2 is 1.77 bits per heavy atom. The number of benzene rings is 2. The van der Waals surface area contributed by atoms with Crippen LogP contribution in [0.4, 0.5) is 0 Å². The molecule has 2 amide bonds. The number of nitrogens with zero attached hydrogens (tertiary/aromatic N) is 1. The van der Waals surface area contributed by atoms with Crippen LogP contribution in [0.3, 0.4) is 0 Å². The number of hydrogen-bond acceptors (Lipinski definition) is 3. The van der Waals surface area contributed by atoms with Crippen molar-refractivity contribution in [1.29, 1.82) is 0 Å². The van der Waals surface area contributed by atoms with Gasteiger partial charge in [-0.3, -0.25) is 9.59 Å². The summed E-state index contributed by atoms with van der Waals surface area (Å²) in [6, 6.07) is 13.9. The Morgan fingerprint density at radius 3 is 2.42 bits per heavy atom. The van der Waals surface area contributed by atoms with Gasteiger partial charge in [0, 0.05) is 29.1 Å². The van der Waals surface area contributed by atoms with Crippen molar-refractivity contribution in [3.05, 3.63) is 64.1 Å². The molecule has 2 aromatic rings. The highest BCUT2D eigenvalue weighted by molar-refractivity contribution is 6.30. The van der Waals surface area contributed by atoms with Gasteiger partial charge in [-0.1, -0.05) is 42.3 Å². The lowest BCUT2D eigenvalue weighted by molar-refractivity contribution is -0.141. The maximum Gasteiger partial charge on any atom is 0.242 e. The molecular weight excluding hydrogens is 435 g/mol. The van der Waals surface area contributed by atoms with E-state index in [1.54, 1.807) is 42.2 Å². The first-order valence-corrected chi connectivity index (χ1v) is 11.3. The fourth-order valence-electron chi connectivity index (χ4n) is 2.97. The van der Waals surface area contributed by atoms with E-state index < -0.39 is 6.04 Å². The van der Waals surface area contributed by atoms with Gasteiger partial charge in [-0.15, -0.1) is 0 Å². The lowest BCUT2D eigenvalue weighted by Crippen LogP contribution is -2.49. The van der Waals surface area contributed by atoms with Crippen molar-refractivity contribution in [3.8, 4) is 5.75 Å². The fourth-order valence-corrected chi connectivity index (χ4v) is 3.31. The van der Waals surface area contributed by atoms with Crippen LogP contribution in [-0.4, -0.2) is 35.4 Å². The summed E-state index contributed by atoms with van der Waals surface area (Å²) in [6.45, 7) is 6.41. The molecule has 0 aliphatic rings. The van der Waals surface area contributed by atoms with E-state index in [0.29, 0.717) is 35.4 Å². The van der Waals surface area contributed by atoms with E-state index in [-0.39, 0.29) is 24.3 Å². The minimum atomic E-state index is -0.599. The molecule has 0 heterocycles. The maximum absolute atomic E-state index is 13.0. The molecule has 0 aromatic heterocycles. The van der Waals surface area contributed by atoms with Crippen molar-refractivity contribution >= 4 is 35.0 Å². The van der Waals surface area contributed by atoms with Gasteiger partial charge in [-0.05, 0) is 68.7 Å². The van der Waals surface area contributed by atoms with Gasteiger partial charge in [-0.2, -0.15) is 0 Å². The van der Waals surface area contributed by atoms with Crippen LogP contribution in [0, 0.1) is 0 Å². The summed E-state index contributed by atoms with van der Waals surface area (Å²) in [5.74, 6) is 0.433. The quantitative estimate of drug-likeness (QED) is 0.447. The third-order valence-corrected chi connectivity index (χ3v) is 5.51. The lowest BCUT2D eigenvalue weighted by atomic mass is 10.1. The molecule has 0 saturated heterocycles. The molecule has 0 aliphatic carbocycles. The standard InChI is InChI=1S/C24H30Cl2N2O3/c1-4-17(2)27-24(30)18(3)28(16-19-7-5-8-21(26)15-19)23(29)9-6-14-31-22-12-10-20(25)11-13-22/h5,7-8,10-13,15,17-18H,4,6,9,14,16H2,1-3H3,(H,27,30)/t17-,18-/m1/s1. The first kappa shape index (κ1) is 25.0. The van der Waals surface area contributed by atoms with Crippen molar-refractivity contribution in [2.24, 2.45) is 0 Å². The zero-order chi connectivity index (χ0) is 22.8. The molecule has 0 unspecified atom stereocenters. The van der Waals surface area contributed by atoms with E-state index in [1.165, 1.54) is 0 Å². The van der Waals surface area contributed by atoms with Crippen LogP contribution in [-0.2, 0) is 16.1 Å². The Morgan fingerprint density at radius 1 is 1.06 bits per heavy atom. The minimum Gasteiger partial charge on any atom is -0.494 e. The van der Waals surface area contributed by atoms with Gasteiger partial charge in [0.15, 0.2) is 0 Å². The highest BCUT2D eigenvalue weighted by Gasteiger charge is 2.26. The molecule has 0 radical (unpaired) electrons. The number of rotatable bonds is 11. The minimum absolute atomic E-state index is 0.0471. The van der Waals surface area contributed by atoms with E-state index in [0.717, 1.165) is 12.0 Å². The third-order valence-electron chi connectivity index (χ3n) is 5.03. The van der Waals surface area contributed by atoms with Crippen molar-refractivity contribution in [2.75, 3.05) is 6.61 Å². The molecule has 5 nitrogen and oxygen atoms in total. The molecule has 2 aromatic carbocycles. The van der Waals surface area contributed by atoms with Gasteiger partial charge < -0.3 is 15.0 Å². The van der Waals surface area contributed by atoms with Crippen molar-refractivity contribution in [3.63, 3.8) is 0 Å². The van der Waals surface area contributed by atoms with E-state index in [2.05, 4.69) is 5.32 Å². The van der Waals surface area contributed by atoms with E-state index >= 15 is 0 Å². The number of carbonyl (C=O) groups excluding carboxylic acids is 2. The van der Waals surface area contributed by atoms with Crippen molar-refractivity contribution < 1.29 is 14.3 Å². The second-order valence-corrected chi connectivity index (χ2v) is 8.42. The van der Waals surface area contributed by atoms with Crippen LogP contribution >= 0.6 is 23.2 Å². The summed E-state index contributed by atoms with van der Waals surface area (Å²) in [5.41, 5.74) is 0.876. The highest BCUT2D eigenvalue weighted by Crippen LogP contribution is 2.18. The Bertz CT molecular complexity index is 858. The van der Waals surface area contributed by atoms with Gasteiger partial charge in [0.2, 0.25) is 11.8 Å². The summed E-state index contributed by atoms with van der Waals surface area (Å²) < 4.78 is 5.67. The van der Waals surface area contributed by atoms with E-state index in [4.69, 9.17) is 27.9 Å². The van der Waals surface area contributed by atoms with Gasteiger partial charge in [0.05, 0.1) is 6.61 Å². The number of carbonyl (C=O) groups is 2. The normalized spacial score (nSPS) is 12.7. The Kier molecular flexibility index (Phi) is 10.2. The van der Waals surface area contributed by atoms with E-state index in [9.17, 15) is 9.59 Å². The molecule has 0 aliphatic heterocycles. The molecule has 168 valence electrons. The molecule has 2 rings (SSSR count). The maximum atomic E-state index is 13.0. The van der Waals surface area contributed by atoms with Crippen LogP contribution in [0.25, 0.3) is 0 Å². The van der Waals surface area contributed by atoms with Crippen molar-refractivity contribution in [2.45, 2.75) is 58.7 Å². The zero-order valence-electron chi connectivity index (χ0n) is 18.2. The molecule has 1 N–H and O–H groups in total. The zero-order valence-corrected chi connectivity index (χ0v) is 19.7. The SMILES string of the molecule is CC[C@@H](C)NC(=O)[C@@H](C)N(Cc1cccc(Cl)c1)C(=O)CCCOc1ccc(Cl)cc1. The summed E-state index contributed by atoms with van der Waals surface area (Å²) in [7, 11) is 0. The topological polar surface area (TPSA) is 58.6 Å². The van der Waals surface area contributed by atoms with E-state index in [1.807, 2.05) is 32.0 Å². The molecule has 0 fully saturated rings. The summed E-state index contributed by atoms with van der Waals surface area (Å²) in [5, 5.41) is 4.20. The second kappa shape index (κ2) is 12.6. The van der Waals surface area contributed by atoms with Crippen LogP contribution in [0.1, 0.15) is 45.6 Å². The van der Waals surface area contributed by atoms with Crippen LogP contribution in [0.2, 0.25) is 10.0 Å². The average Bonchev–Trinajstić information content (AvgIpc) is 2.75. The molecule has 7 heteroatoms. The second-order valence-electron chi connectivity index (χ2n) is 7.55. The first-order chi connectivity index (χ1) is 14.8. The predicted molar refractivity (Wildman–Crippen MR) is 126 cm³/mol. The molecule has 0 spiro atoms.